The van der Waals surface area contributed by atoms with E-state index in [9.17, 15) is 0 Å². The third-order valence-electron chi connectivity index (χ3n) is 0.729. The number of nitrogens with one attached hydrogen (secondary N) is 2. The number of hydrogen-bond donors (Lipinski definition) is 2. The smallest absolute Gasteiger partial charge is 0.0455 e. The van der Waals surface area contributed by atoms with E-state index in [0.29, 0.717) is 0 Å². The summed E-state index contributed by atoms with van der Waals surface area (Å²) < 4.78 is 0. The van der Waals surface area contributed by atoms with Crippen LogP contribution in [-0.4, -0.2) is 19.8 Å². The zero-order chi connectivity index (χ0) is 3.54. The molecule has 0 radical (unpaired) electrons. The number of hydrogen-bond acceptors (Lipinski definition) is 2. The molecule has 0 unspecified atom stereocenters. The minimum absolute atomic E-state index is 0. The highest BCUT2D eigenvalue weighted by Crippen LogP contribution is 1.62. The molecule has 3 heteroatoms. The Balaban J connectivity index is 0.000000250. The highest BCUT2D eigenvalue weighted by Gasteiger charge is 1.90. The first-order valence-electron chi connectivity index (χ1n) is 1.91. The first-order valence-corrected chi connectivity index (χ1v) is 1.91. The molecule has 1 saturated heterocycles. The second-order valence-corrected chi connectivity index (χ2v) is 1.18. The van der Waals surface area contributed by atoms with Crippen LogP contribution >= 0.6 is 17.0 Å². The first kappa shape index (κ1) is 6.40. The fourth-order valence-electron chi connectivity index (χ4n) is 0.442. The van der Waals surface area contributed by atoms with Crippen LogP contribution in [0.2, 0.25) is 0 Å². The summed E-state index contributed by atoms with van der Waals surface area (Å²) in [6.45, 7) is 3.28. The Morgan fingerprint density at radius 1 is 1.00 bits per heavy atom. The summed E-state index contributed by atoms with van der Waals surface area (Å²) in [5.74, 6) is 0. The van der Waals surface area contributed by atoms with Crippen molar-refractivity contribution in [2.75, 3.05) is 19.8 Å². The molecule has 0 atom stereocenters. The lowest BCUT2D eigenvalue weighted by atomic mass is 10.7. The normalized spacial score (nSPS) is 20.0. The van der Waals surface area contributed by atoms with Crippen molar-refractivity contribution in [3.05, 3.63) is 0 Å². The molecule has 0 aromatic heterocycles. The van der Waals surface area contributed by atoms with Gasteiger partial charge in [-0.25, -0.2) is 0 Å². The number of halogens is 1. The molecule has 2 nitrogen and oxygen atoms in total. The molecule has 0 aromatic carbocycles. The molecule has 0 saturated carbocycles. The molecule has 0 spiro atoms. The Labute approximate surface area is 48.1 Å². The van der Waals surface area contributed by atoms with Crippen molar-refractivity contribution in [2.45, 2.75) is 0 Å². The van der Waals surface area contributed by atoms with Crippen LogP contribution in [0.15, 0.2) is 0 Å². The summed E-state index contributed by atoms with van der Waals surface area (Å²) in [6, 6.07) is 0. The molecule has 6 heavy (non-hydrogen) atoms. The summed E-state index contributed by atoms with van der Waals surface area (Å²) >= 11 is 0. The van der Waals surface area contributed by atoms with E-state index in [1.165, 1.54) is 0 Å². The highest BCUT2D eigenvalue weighted by molar-refractivity contribution is 8.93. The maximum absolute atomic E-state index is 3.11. The van der Waals surface area contributed by atoms with Crippen molar-refractivity contribution in [2.24, 2.45) is 0 Å². The zero-order valence-corrected chi connectivity index (χ0v) is 5.24. The zero-order valence-electron chi connectivity index (χ0n) is 3.53. The largest absolute Gasteiger partial charge is 0.303 e. The van der Waals surface area contributed by atoms with Crippen LogP contribution in [-0.2, 0) is 0 Å². The van der Waals surface area contributed by atoms with Crippen molar-refractivity contribution < 1.29 is 0 Å². The molecule has 38 valence electrons. The van der Waals surface area contributed by atoms with Gasteiger partial charge in [0.15, 0.2) is 0 Å². The van der Waals surface area contributed by atoms with E-state index in [1.54, 1.807) is 0 Å². The lowest BCUT2D eigenvalue weighted by Gasteiger charge is -1.77. The SMILES string of the molecule is Br.C1CNCN1. The van der Waals surface area contributed by atoms with E-state index in [-0.39, 0.29) is 17.0 Å². The fraction of sp³-hybridized carbons (Fsp3) is 1.00. The van der Waals surface area contributed by atoms with Crippen LogP contribution in [0.25, 0.3) is 0 Å². The van der Waals surface area contributed by atoms with E-state index >= 15 is 0 Å². The van der Waals surface area contributed by atoms with E-state index in [1.807, 2.05) is 0 Å². The van der Waals surface area contributed by atoms with Crippen LogP contribution in [0.5, 0.6) is 0 Å². The van der Waals surface area contributed by atoms with Gasteiger partial charge in [-0.3, -0.25) is 0 Å². The Hall–Kier alpha value is 0.400. The molecule has 1 heterocycles. The molecule has 1 aliphatic rings. The van der Waals surface area contributed by atoms with Gasteiger partial charge in [0.25, 0.3) is 0 Å². The average molecular weight is 153 g/mol. The summed E-state index contributed by atoms with van der Waals surface area (Å²) in [5, 5.41) is 6.22. The topological polar surface area (TPSA) is 24.1 Å². The molecule has 1 aliphatic heterocycles. The molecule has 0 amide bonds. The Morgan fingerprint density at radius 2 is 1.50 bits per heavy atom. The third kappa shape index (κ3) is 1.74. The molecular formula is C3H9BrN2. The summed E-state index contributed by atoms with van der Waals surface area (Å²) in [5.41, 5.74) is 0. The summed E-state index contributed by atoms with van der Waals surface area (Å²) in [6.07, 6.45) is 0. The van der Waals surface area contributed by atoms with Crippen LogP contribution < -0.4 is 10.6 Å². The predicted molar refractivity (Wildman–Crippen MR) is 31.2 cm³/mol. The van der Waals surface area contributed by atoms with E-state index < -0.39 is 0 Å². The van der Waals surface area contributed by atoms with Gasteiger partial charge in [0, 0.05) is 19.8 Å². The van der Waals surface area contributed by atoms with Crippen molar-refractivity contribution in [1.29, 1.82) is 0 Å². The number of rotatable bonds is 0. The lowest BCUT2D eigenvalue weighted by molar-refractivity contribution is 0.807. The summed E-state index contributed by atoms with van der Waals surface area (Å²) in [7, 11) is 0. The van der Waals surface area contributed by atoms with Crippen LogP contribution in [0.1, 0.15) is 0 Å². The quantitative estimate of drug-likeness (QED) is 0.499. The standard InChI is InChI=1S/C3H8N2.BrH/c1-2-5-3-4-1;/h4-5H,1-3H2;1H. The first-order chi connectivity index (χ1) is 2.50. The van der Waals surface area contributed by atoms with Gasteiger partial charge in [-0.2, -0.15) is 0 Å². The van der Waals surface area contributed by atoms with Gasteiger partial charge in [0.05, 0.1) is 0 Å². The monoisotopic (exact) mass is 152 g/mol. The van der Waals surface area contributed by atoms with Gasteiger partial charge >= 0.3 is 0 Å². The second kappa shape index (κ2) is 3.59. The maximum atomic E-state index is 3.11. The van der Waals surface area contributed by atoms with Crippen molar-refractivity contribution in [3.8, 4) is 0 Å². The van der Waals surface area contributed by atoms with Crippen LogP contribution in [0.4, 0.5) is 0 Å². The molecule has 0 aromatic rings. The van der Waals surface area contributed by atoms with Gasteiger partial charge in [-0.05, 0) is 0 Å². The van der Waals surface area contributed by atoms with Crippen molar-refractivity contribution in [3.63, 3.8) is 0 Å². The minimum atomic E-state index is 0. The molecule has 1 fully saturated rings. The van der Waals surface area contributed by atoms with Gasteiger partial charge in [-0.1, -0.05) is 0 Å². The highest BCUT2D eigenvalue weighted by atomic mass is 79.9. The van der Waals surface area contributed by atoms with Crippen LogP contribution in [0, 0.1) is 0 Å². The van der Waals surface area contributed by atoms with Gasteiger partial charge < -0.3 is 10.6 Å². The lowest BCUT2D eigenvalue weighted by Crippen LogP contribution is -2.11. The molecule has 2 N–H and O–H groups in total. The summed E-state index contributed by atoms with van der Waals surface area (Å²) in [4.78, 5) is 0. The molecule has 0 bridgehead atoms. The Kier molecular flexibility index (Phi) is 3.82. The van der Waals surface area contributed by atoms with E-state index in [2.05, 4.69) is 10.6 Å². The van der Waals surface area contributed by atoms with Crippen LogP contribution in [0.3, 0.4) is 0 Å². The fourth-order valence-corrected chi connectivity index (χ4v) is 0.442. The van der Waals surface area contributed by atoms with Gasteiger partial charge in [-0.15, -0.1) is 17.0 Å². The molecule has 0 aliphatic carbocycles. The maximum Gasteiger partial charge on any atom is 0.0455 e. The Bertz CT molecular complexity index is 20.4. The van der Waals surface area contributed by atoms with Crippen molar-refractivity contribution >= 4 is 17.0 Å². The van der Waals surface area contributed by atoms with Gasteiger partial charge in [0.1, 0.15) is 0 Å². The minimum Gasteiger partial charge on any atom is -0.303 e. The molecular weight excluding hydrogens is 144 g/mol. The predicted octanol–water partition coefficient (Wildman–Crippen LogP) is -0.285. The second-order valence-electron chi connectivity index (χ2n) is 1.18. The van der Waals surface area contributed by atoms with Crippen molar-refractivity contribution in [1.82, 2.24) is 10.6 Å². The van der Waals surface area contributed by atoms with E-state index in [4.69, 9.17) is 0 Å². The van der Waals surface area contributed by atoms with Gasteiger partial charge in [0.2, 0.25) is 0 Å². The van der Waals surface area contributed by atoms with E-state index in [0.717, 1.165) is 19.8 Å². The Morgan fingerprint density at radius 3 is 1.67 bits per heavy atom. The average Bonchev–Trinajstić information content (AvgIpc) is 1.76. The molecule has 1 rings (SSSR count). The third-order valence-corrected chi connectivity index (χ3v) is 0.729.